The summed E-state index contributed by atoms with van der Waals surface area (Å²) in [6.07, 6.45) is 1.94. The maximum atomic E-state index is 7.20. The van der Waals surface area contributed by atoms with E-state index in [0.717, 1.165) is 76.8 Å². The Morgan fingerprint density at radius 1 is 0.467 bits per heavy atom. The van der Waals surface area contributed by atoms with E-state index < -0.39 is 5.41 Å². The van der Waals surface area contributed by atoms with Gasteiger partial charge in [0.15, 0.2) is 0 Å². The average molecular weight is 1150 g/mol. The van der Waals surface area contributed by atoms with Gasteiger partial charge in [-0.25, -0.2) is 0 Å². The molecule has 2 aliphatic rings. The normalized spacial score (nSPS) is 13.4. The third-order valence-corrected chi connectivity index (χ3v) is 16.2. The van der Waals surface area contributed by atoms with Gasteiger partial charge in [-0.3, -0.25) is 0 Å². The van der Waals surface area contributed by atoms with Crippen LogP contribution in [0, 0.1) is 15.9 Å². The van der Waals surface area contributed by atoms with Crippen molar-refractivity contribution in [2.24, 2.45) is 0 Å². The van der Waals surface area contributed by atoms with Crippen LogP contribution in [0.25, 0.3) is 55.8 Å². The van der Waals surface area contributed by atoms with Crippen molar-refractivity contribution < 1.29 is 24.1 Å². The Morgan fingerprint density at radius 3 is 1.64 bits per heavy atom. The van der Waals surface area contributed by atoms with Crippen molar-refractivity contribution >= 4 is 28.2 Å². The molecule has 11 aromatic rings. The first-order valence-corrected chi connectivity index (χ1v) is 26.8. The van der Waals surface area contributed by atoms with Crippen LogP contribution >= 0.6 is 0 Å². The second kappa shape index (κ2) is 17.8. The zero-order valence-corrected chi connectivity index (χ0v) is 45.1. The molecule has 368 valence electrons. The van der Waals surface area contributed by atoms with E-state index in [-0.39, 0.29) is 10.8 Å². The average Bonchev–Trinajstić information content (AvgIpc) is 4.12. The van der Waals surface area contributed by atoms with Crippen LogP contribution in [0.3, 0.4) is 0 Å². The Balaban J connectivity index is 1.02. The van der Waals surface area contributed by atoms with Crippen LogP contribution in [0.15, 0.2) is 219 Å². The van der Waals surface area contributed by atoms with E-state index in [1.165, 1.54) is 33.4 Å². The summed E-state index contributed by atoms with van der Waals surface area (Å²) in [7, 11) is 0. The maximum absolute atomic E-state index is 7.20. The summed E-state index contributed by atoms with van der Waals surface area (Å²) in [4.78, 5) is 7.43. The Kier molecular flexibility index (Phi) is 11.1. The molecule has 0 saturated carbocycles. The van der Waals surface area contributed by atoms with Crippen LogP contribution in [0.4, 0.5) is 17.2 Å². The van der Waals surface area contributed by atoms with Crippen molar-refractivity contribution in [2.75, 3.05) is 4.90 Å². The molecule has 0 N–H and O–H groups in total. The van der Waals surface area contributed by atoms with Gasteiger partial charge < -0.3 is 0 Å². The minimum atomic E-state index is -0.626. The molecule has 9 aromatic carbocycles. The number of aromatic nitrogens is 3. The molecule has 0 unspecified atom stereocenters. The molecule has 0 bridgehead atoms. The second-order valence-electron chi connectivity index (χ2n) is 21.7. The summed E-state index contributed by atoms with van der Waals surface area (Å²) >= 11 is 2.52. The summed E-state index contributed by atoms with van der Waals surface area (Å²) in [6.45, 7) is 13.5. The number of ether oxygens (including phenoxy) is 1. The quantitative estimate of drug-likeness (QED) is 0.149. The zero-order valence-electron chi connectivity index (χ0n) is 42.8. The molecule has 2 aromatic heterocycles. The summed E-state index contributed by atoms with van der Waals surface area (Å²) in [5.41, 5.74) is 19.3. The summed E-state index contributed by atoms with van der Waals surface area (Å²) < 4.78 is 13.0. The second-order valence-corrected chi connectivity index (χ2v) is 22.8. The molecule has 0 atom stereocenters. The van der Waals surface area contributed by atoms with Crippen molar-refractivity contribution in [3.63, 3.8) is 0 Å². The van der Waals surface area contributed by atoms with Crippen LogP contribution in [0.5, 0.6) is 11.5 Å². The van der Waals surface area contributed by atoms with Crippen molar-refractivity contribution in [1.82, 2.24) is 14.1 Å². The van der Waals surface area contributed by atoms with E-state index in [2.05, 4.69) is 299 Å². The first-order chi connectivity index (χ1) is 36.4. The number of pyridine rings is 1. The molecule has 0 fully saturated rings. The first-order valence-electron chi connectivity index (χ1n) is 25.7. The van der Waals surface area contributed by atoms with Crippen molar-refractivity contribution in [1.29, 1.82) is 0 Å². The van der Waals surface area contributed by atoms with E-state index in [0.29, 0.717) is 11.5 Å². The number of anilines is 3. The summed E-state index contributed by atoms with van der Waals surface area (Å²) in [6, 6.07) is 84.3. The van der Waals surface area contributed by atoms with Crippen LogP contribution in [0.1, 0.15) is 74.9 Å². The van der Waals surface area contributed by atoms with Crippen molar-refractivity contribution in [2.45, 2.75) is 57.8 Å². The number of benzene rings is 9. The Hall–Kier alpha value is -8.11. The molecule has 13 rings (SSSR count). The molecule has 1 aliphatic heterocycles. The zero-order chi connectivity index (χ0) is 51.2. The summed E-state index contributed by atoms with van der Waals surface area (Å²) in [5, 5.41) is 0. The molecular weight excluding hydrogens is 1100 g/mol. The van der Waals surface area contributed by atoms with Gasteiger partial charge in [-0.1, -0.05) is 87.5 Å². The van der Waals surface area contributed by atoms with E-state index in [4.69, 9.17) is 9.72 Å². The number of fused-ring (bicyclic) bond motifs is 10. The molecule has 3 heterocycles. The predicted octanol–water partition coefficient (Wildman–Crippen LogP) is 17.4. The Bertz CT molecular complexity index is 4000. The fourth-order valence-electron chi connectivity index (χ4n) is 11.6. The molecule has 6 heteroatoms. The molecule has 1 aliphatic carbocycles. The number of hydrogen-bond acceptors (Lipinski definition) is 3. The van der Waals surface area contributed by atoms with Crippen LogP contribution in [-0.4, -0.2) is 14.1 Å². The Labute approximate surface area is 450 Å². The number of imidazole rings is 1. The van der Waals surface area contributed by atoms with E-state index >= 15 is 0 Å². The van der Waals surface area contributed by atoms with E-state index in [1.807, 2.05) is 6.20 Å². The van der Waals surface area contributed by atoms with Crippen LogP contribution in [0.2, 0.25) is 0 Å². The van der Waals surface area contributed by atoms with Crippen LogP contribution in [-0.2, 0) is 35.6 Å². The molecule has 5 nitrogen and oxygen atoms in total. The third-order valence-electron chi connectivity index (χ3n) is 15.2. The van der Waals surface area contributed by atoms with Gasteiger partial charge in [0.25, 0.3) is 0 Å². The van der Waals surface area contributed by atoms with Gasteiger partial charge in [0.2, 0.25) is 0 Å². The third kappa shape index (κ3) is 7.54. The minimum absolute atomic E-state index is 0.0989. The first kappa shape index (κ1) is 46.7. The summed E-state index contributed by atoms with van der Waals surface area (Å²) in [5.74, 6) is 2.01. The van der Waals surface area contributed by atoms with E-state index in [1.54, 1.807) is 0 Å². The number of rotatable bonds is 7. The van der Waals surface area contributed by atoms with Gasteiger partial charge in [0.05, 0.1) is 0 Å². The van der Waals surface area contributed by atoms with Gasteiger partial charge in [-0.15, -0.1) is 0 Å². The van der Waals surface area contributed by atoms with Crippen LogP contribution < -0.4 is 9.64 Å². The molecule has 0 amide bonds. The number of hydrogen-bond donors (Lipinski definition) is 0. The fourth-order valence-corrected chi connectivity index (χ4v) is 12.7. The molecule has 0 saturated heterocycles. The number of para-hydroxylation sites is 4. The van der Waals surface area contributed by atoms with Crippen molar-refractivity contribution in [3.8, 4) is 56.3 Å². The van der Waals surface area contributed by atoms with Gasteiger partial charge >= 0.3 is 331 Å². The standard InChI is InChI=1S/C69H54N4O.Pt/c1-67(2,3)48-38-39-70-65(42-48)73-61-33-18-17-32-59(61)69(57-30-15-13-26-55(57)56-27-14-16-31-58(56)69)60-37-36-51(44-64(60)73)74-52-41-49(68(4,5)6)40-50(43-52)71-45-72(63-35-20-19-34-62(63)71)66-53(46-22-9-7-10-23-46)28-21-29-54(66)47-24-11-8-12-25-47;/h7-42H,1-6H3;/q-2;. The molecule has 0 radical (unpaired) electrons. The molecule has 75 heavy (non-hydrogen) atoms. The molecular formula is C69H54N4OPt-2. The predicted molar refractivity (Wildman–Crippen MR) is 302 cm³/mol. The Morgan fingerprint density at radius 2 is 1.01 bits per heavy atom. The van der Waals surface area contributed by atoms with Gasteiger partial charge in [-0.2, -0.15) is 0 Å². The fraction of sp³-hybridized carbons (Fsp3) is 0.130. The van der Waals surface area contributed by atoms with Gasteiger partial charge in [-0.05, 0) is 28.2 Å². The van der Waals surface area contributed by atoms with Gasteiger partial charge in [0, 0.05) is 6.20 Å². The SMILES string of the molecule is CC(C)(C)c1cc(Oc2[c-]c3c(cc2)C2(c4ccccc4-c4ccccc42)c2ccccc2N3c2cc(C(C)(C)C)ccn2)[c-]c(-n2[c](=[Pt])n(-c3c(-c4ccccc4)cccc3-c3ccccc3)c3ccccc32)c1. The van der Waals surface area contributed by atoms with Crippen molar-refractivity contribution in [3.05, 3.63) is 268 Å². The van der Waals surface area contributed by atoms with Gasteiger partial charge in [0.1, 0.15) is 0 Å². The monoisotopic (exact) mass is 1150 g/mol. The van der Waals surface area contributed by atoms with E-state index in [9.17, 15) is 0 Å². The number of nitrogens with zero attached hydrogens (tertiary/aromatic N) is 4. The topological polar surface area (TPSA) is 35.2 Å². The molecule has 1 spiro atoms.